The van der Waals surface area contributed by atoms with Crippen LogP contribution in [0.2, 0.25) is 0 Å². The average molecular weight is 993 g/mol. The molecule has 0 saturated carbocycles. The first-order chi connectivity index (χ1) is 28.8. The van der Waals surface area contributed by atoms with E-state index in [1.54, 1.807) is 37.4 Å². The second-order valence-electron chi connectivity index (χ2n) is 13.5. The van der Waals surface area contributed by atoms with Gasteiger partial charge in [0.05, 0.1) is 38.4 Å². The van der Waals surface area contributed by atoms with Crippen LogP contribution in [0.5, 0.6) is 0 Å². The van der Waals surface area contributed by atoms with E-state index < -0.39 is 11.8 Å². The third kappa shape index (κ3) is 17.4. The van der Waals surface area contributed by atoms with Gasteiger partial charge in [0.2, 0.25) is 11.8 Å². The van der Waals surface area contributed by atoms with Crippen molar-refractivity contribution in [3.05, 3.63) is 56.1 Å². The van der Waals surface area contributed by atoms with E-state index in [9.17, 15) is 19.2 Å². The lowest BCUT2D eigenvalue weighted by atomic mass is 10.0. The van der Waals surface area contributed by atoms with Gasteiger partial charge in [-0.1, -0.05) is 50.8 Å². The monoisotopic (exact) mass is 990 g/mol. The van der Waals surface area contributed by atoms with Crippen molar-refractivity contribution >= 4 is 120 Å². The van der Waals surface area contributed by atoms with Crippen LogP contribution in [0.4, 0.5) is 22.7 Å². The summed E-state index contributed by atoms with van der Waals surface area (Å²) in [6.45, 7) is 5.42. The fourth-order valence-corrected chi connectivity index (χ4v) is 8.37. The van der Waals surface area contributed by atoms with Gasteiger partial charge in [-0.15, -0.1) is 23.5 Å². The molecule has 2 aromatic carbocycles. The lowest BCUT2D eigenvalue weighted by Crippen LogP contribution is -2.22. The summed E-state index contributed by atoms with van der Waals surface area (Å²) in [5.74, 6) is 0.210. The molecule has 14 N–H and O–H groups in total. The lowest BCUT2D eigenvalue weighted by molar-refractivity contribution is -0.117. The number of nitrogens with two attached hydrogens (primary N) is 5. The number of hydrogen-bond acceptors (Lipinski definition) is 11. The number of anilines is 4. The van der Waals surface area contributed by atoms with E-state index in [1.807, 2.05) is 6.92 Å². The van der Waals surface area contributed by atoms with Crippen molar-refractivity contribution in [2.75, 3.05) is 59.0 Å². The minimum Gasteiger partial charge on any atom is -0.388 e. The van der Waals surface area contributed by atoms with E-state index in [1.165, 1.54) is 29.6 Å². The molecule has 4 amide bonds. The molecule has 60 heavy (non-hydrogen) atoms. The van der Waals surface area contributed by atoms with Gasteiger partial charge < -0.3 is 49.9 Å². The molecule has 0 aliphatic carbocycles. The van der Waals surface area contributed by atoms with Crippen LogP contribution in [0.25, 0.3) is 0 Å². The summed E-state index contributed by atoms with van der Waals surface area (Å²) in [4.78, 5) is 68.1. The molecule has 1 aliphatic heterocycles. The van der Waals surface area contributed by atoms with Gasteiger partial charge in [0.1, 0.15) is 5.70 Å². The van der Waals surface area contributed by atoms with E-state index in [0.717, 1.165) is 18.4 Å². The molecule has 0 saturated heterocycles. The van der Waals surface area contributed by atoms with Crippen LogP contribution in [-0.4, -0.2) is 79.3 Å². The molecule has 0 aromatic heterocycles. The van der Waals surface area contributed by atoms with Crippen molar-refractivity contribution in [3.8, 4) is 0 Å². The highest BCUT2D eigenvalue weighted by Crippen LogP contribution is 2.40. The first-order valence-electron chi connectivity index (χ1n) is 19.6. The number of thioether (sulfide) groups is 2. The van der Waals surface area contributed by atoms with Crippen LogP contribution in [0, 0.1) is 0 Å². The number of unbranched alkanes of at least 4 members (excludes halogenated alkanes) is 3. The van der Waals surface area contributed by atoms with Gasteiger partial charge in [0.25, 0.3) is 11.8 Å². The van der Waals surface area contributed by atoms with Crippen LogP contribution in [0.3, 0.4) is 0 Å². The summed E-state index contributed by atoms with van der Waals surface area (Å²) in [6.07, 6.45) is 8.02. The Kier molecular flexibility index (Phi) is 22.5. The Hall–Kier alpha value is -4.21. The summed E-state index contributed by atoms with van der Waals surface area (Å²) in [7, 11) is 0. The van der Waals surface area contributed by atoms with E-state index in [-0.39, 0.29) is 41.9 Å². The smallest absolute Gasteiger partial charge is 0.274 e. The number of amidine groups is 1. The fourth-order valence-electron chi connectivity index (χ4n) is 5.75. The number of carbonyl (C=O) groups is 4. The van der Waals surface area contributed by atoms with Gasteiger partial charge in [-0.05, 0) is 69.4 Å². The minimum absolute atomic E-state index is 0.0116. The van der Waals surface area contributed by atoms with Crippen molar-refractivity contribution in [1.82, 2.24) is 0 Å². The largest absolute Gasteiger partial charge is 0.388 e. The summed E-state index contributed by atoms with van der Waals surface area (Å²) in [5, 5.41) is 12.0. The van der Waals surface area contributed by atoms with Gasteiger partial charge in [-0.25, -0.2) is 0 Å². The molecule has 0 fully saturated rings. The number of nitrogens with one attached hydrogen (secondary N) is 4. The van der Waals surface area contributed by atoms with Crippen LogP contribution in [0.15, 0.2) is 80.9 Å². The third-order valence-corrected chi connectivity index (χ3v) is 11.8. The highest BCUT2D eigenvalue weighted by molar-refractivity contribution is 9.10. The molecule has 0 radical (unpaired) electrons. The van der Waals surface area contributed by atoms with Crippen molar-refractivity contribution in [1.29, 1.82) is 0 Å². The van der Waals surface area contributed by atoms with Gasteiger partial charge in [0, 0.05) is 77.7 Å². The molecule has 3 rings (SSSR count). The number of benzene rings is 2. The number of aliphatic imine (C=N–C) groups is 3. The lowest BCUT2D eigenvalue weighted by Gasteiger charge is -2.18. The predicted octanol–water partition coefficient (Wildman–Crippen LogP) is 6.21. The zero-order valence-electron chi connectivity index (χ0n) is 34.0. The highest BCUT2D eigenvalue weighted by atomic mass is 79.9. The Morgan fingerprint density at radius 3 is 1.70 bits per heavy atom. The molecule has 2 aromatic rings. The maximum Gasteiger partial charge on any atom is 0.274 e. The number of allylic oxidation sites excluding steroid dienone is 1. The Morgan fingerprint density at radius 1 is 0.717 bits per heavy atom. The first kappa shape index (κ1) is 50.1. The number of carbonyl (C=O) groups excluding carboxylic acids is 4. The molecular weight excluding hydrogens is 936 g/mol. The Balaban J connectivity index is 1.87. The minimum atomic E-state index is -0.558. The van der Waals surface area contributed by atoms with Crippen molar-refractivity contribution in [3.63, 3.8) is 0 Å². The third-order valence-electron chi connectivity index (χ3n) is 8.54. The normalized spacial score (nSPS) is 12.7. The standard InChI is InChI=1S/C40H56Br2N12O4S2/c1-3-25-11-16-49-33(39(58)54-32-22-27(42)20-30(37(32)60-18-13-44)52-35(56)10-6-8-14-48-24(2)45)23-28(25)38(57)53-31-21-26(41)19-29(36(31)59-17-12-43)51-34(55)9-5-4-7-15-50-40(46)47/h16,19-23H,3-15,17-18,43-44H2,1-2H3,(H2,45,48)(H,51,55)(H,52,56)(H,53,57)(H,54,58)(H4,46,47,50). The summed E-state index contributed by atoms with van der Waals surface area (Å²) in [5.41, 5.74) is 31.1. The van der Waals surface area contributed by atoms with Crippen LogP contribution in [0.1, 0.15) is 71.6 Å². The maximum atomic E-state index is 14.2. The molecule has 20 heteroatoms. The Labute approximate surface area is 377 Å². The summed E-state index contributed by atoms with van der Waals surface area (Å²) >= 11 is 9.86. The number of guanidine groups is 1. The van der Waals surface area contributed by atoms with Crippen molar-refractivity contribution in [2.45, 2.75) is 81.4 Å². The molecule has 1 aliphatic rings. The van der Waals surface area contributed by atoms with Crippen LogP contribution < -0.4 is 49.9 Å². The maximum absolute atomic E-state index is 14.2. The van der Waals surface area contributed by atoms with Crippen LogP contribution >= 0.6 is 55.4 Å². The molecule has 0 bridgehead atoms. The zero-order valence-corrected chi connectivity index (χ0v) is 38.8. The quantitative estimate of drug-likeness (QED) is 0.0247. The fraction of sp³-hybridized carbons (Fsp3) is 0.425. The second-order valence-corrected chi connectivity index (χ2v) is 17.5. The first-order valence-corrected chi connectivity index (χ1v) is 23.1. The SMILES string of the molecule is CCC1=C(C(=O)Nc2cc(Br)cc(NC(=O)CCCCCN=C(N)N)c2SCCN)C=C(C(=O)Nc2cc(Br)cc(NC(=O)CCCCN=C(C)N)c2SCCN)N=CC1. The number of hydrogen-bond donors (Lipinski definition) is 9. The van der Waals surface area contributed by atoms with E-state index >= 15 is 0 Å². The van der Waals surface area contributed by atoms with Crippen LogP contribution in [-0.2, 0) is 19.2 Å². The number of rotatable bonds is 24. The van der Waals surface area contributed by atoms with Gasteiger partial charge in [0.15, 0.2) is 5.96 Å². The predicted molar refractivity (Wildman–Crippen MR) is 256 cm³/mol. The second kappa shape index (κ2) is 26.9. The van der Waals surface area contributed by atoms with Gasteiger partial charge in [-0.3, -0.25) is 34.2 Å². The van der Waals surface area contributed by atoms with Gasteiger partial charge in [-0.2, -0.15) is 0 Å². The highest BCUT2D eigenvalue weighted by Gasteiger charge is 2.23. The topological polar surface area (TPSA) is 284 Å². The molecule has 0 atom stereocenters. The van der Waals surface area contributed by atoms with Crippen molar-refractivity contribution in [2.24, 2.45) is 43.6 Å². The Morgan fingerprint density at radius 2 is 1.20 bits per heavy atom. The average Bonchev–Trinajstić information content (AvgIpc) is 3.41. The number of halogens is 2. The number of amides is 4. The molecule has 16 nitrogen and oxygen atoms in total. The molecular formula is C40H56Br2N12O4S2. The van der Waals surface area contributed by atoms with Crippen molar-refractivity contribution < 1.29 is 19.2 Å². The van der Waals surface area contributed by atoms with E-state index in [4.69, 9.17) is 28.7 Å². The molecule has 0 spiro atoms. The van der Waals surface area contributed by atoms with Gasteiger partial charge >= 0.3 is 0 Å². The summed E-state index contributed by atoms with van der Waals surface area (Å²) < 4.78 is 1.25. The molecule has 1 heterocycles. The van der Waals surface area contributed by atoms with E-state index in [2.05, 4.69) is 68.1 Å². The molecule has 0 unspecified atom stereocenters. The Bertz CT molecular complexity index is 2000. The molecule has 326 valence electrons. The number of nitrogens with zero attached hydrogens (tertiary/aromatic N) is 3. The van der Waals surface area contributed by atoms with E-state index in [0.29, 0.717) is 117 Å². The summed E-state index contributed by atoms with van der Waals surface area (Å²) in [6, 6.07) is 7.05. The zero-order chi connectivity index (χ0) is 44.0.